The molecule has 2 rings (SSSR count). The van der Waals surface area contributed by atoms with E-state index in [9.17, 15) is 5.11 Å². The number of hydrogen-bond acceptors (Lipinski definition) is 6. The summed E-state index contributed by atoms with van der Waals surface area (Å²) in [6.07, 6.45) is 0. The number of phenolic OH excluding ortho intramolecular Hbond substituents is 1. The van der Waals surface area contributed by atoms with Crippen LogP contribution in [0, 0.1) is 0 Å². The number of anilines is 1. The molecule has 2 aromatic rings. The van der Waals surface area contributed by atoms with Gasteiger partial charge in [0.25, 0.3) is 0 Å². The number of aromatic hydroxyl groups is 1. The Hall–Kier alpha value is -1.82. The van der Waals surface area contributed by atoms with Crippen molar-refractivity contribution in [1.29, 1.82) is 0 Å². The van der Waals surface area contributed by atoms with Crippen molar-refractivity contribution in [3.63, 3.8) is 0 Å². The summed E-state index contributed by atoms with van der Waals surface area (Å²) < 4.78 is 5.05. The molecular formula is C9H9N3O2S. The molecule has 5 nitrogen and oxygen atoms in total. The van der Waals surface area contributed by atoms with E-state index in [1.165, 1.54) is 11.3 Å². The lowest BCUT2D eigenvalue weighted by Crippen LogP contribution is -1.84. The summed E-state index contributed by atoms with van der Waals surface area (Å²) in [5.41, 5.74) is 6.04. The van der Waals surface area contributed by atoms with Gasteiger partial charge < -0.3 is 15.6 Å². The molecule has 0 amide bonds. The summed E-state index contributed by atoms with van der Waals surface area (Å²) in [5, 5.41) is 18.1. The standard InChI is InChI=1S/C9H9N3O2S/c1-14-5-2-3-7(13)6(4-5)8-11-12-9(10)15-8/h2-4,13H,1H3,(H2,10,12). The van der Waals surface area contributed by atoms with Crippen LogP contribution < -0.4 is 10.5 Å². The molecule has 1 aromatic carbocycles. The van der Waals surface area contributed by atoms with Crippen molar-refractivity contribution in [2.75, 3.05) is 12.8 Å². The lowest BCUT2D eigenvalue weighted by atomic mass is 10.2. The van der Waals surface area contributed by atoms with E-state index < -0.39 is 0 Å². The lowest BCUT2D eigenvalue weighted by molar-refractivity contribution is 0.412. The first-order valence-electron chi connectivity index (χ1n) is 4.17. The van der Waals surface area contributed by atoms with Crippen molar-refractivity contribution in [3.8, 4) is 22.1 Å². The Morgan fingerprint density at radius 2 is 2.20 bits per heavy atom. The summed E-state index contributed by atoms with van der Waals surface area (Å²) in [4.78, 5) is 0. The fourth-order valence-electron chi connectivity index (χ4n) is 1.16. The first-order valence-corrected chi connectivity index (χ1v) is 4.98. The third kappa shape index (κ3) is 1.84. The van der Waals surface area contributed by atoms with Crippen LogP contribution in [-0.2, 0) is 0 Å². The Morgan fingerprint density at radius 3 is 2.80 bits per heavy atom. The van der Waals surface area contributed by atoms with Crippen LogP contribution in [0.3, 0.4) is 0 Å². The van der Waals surface area contributed by atoms with Crippen molar-refractivity contribution < 1.29 is 9.84 Å². The van der Waals surface area contributed by atoms with Gasteiger partial charge in [-0.3, -0.25) is 0 Å². The van der Waals surface area contributed by atoms with E-state index in [-0.39, 0.29) is 5.75 Å². The van der Waals surface area contributed by atoms with Crippen LogP contribution in [0.25, 0.3) is 10.6 Å². The van der Waals surface area contributed by atoms with Gasteiger partial charge in [0.2, 0.25) is 5.13 Å². The number of phenols is 1. The molecule has 0 spiro atoms. The van der Waals surface area contributed by atoms with Gasteiger partial charge in [0.1, 0.15) is 11.5 Å². The van der Waals surface area contributed by atoms with Gasteiger partial charge in [-0.15, -0.1) is 10.2 Å². The average Bonchev–Trinajstić information content (AvgIpc) is 2.65. The minimum atomic E-state index is 0.131. The number of benzene rings is 1. The predicted octanol–water partition coefficient (Wildman–Crippen LogP) is 1.50. The van der Waals surface area contributed by atoms with E-state index in [1.807, 2.05) is 0 Å². The minimum absolute atomic E-state index is 0.131. The fourth-order valence-corrected chi connectivity index (χ4v) is 1.79. The topological polar surface area (TPSA) is 81.3 Å². The third-order valence-electron chi connectivity index (χ3n) is 1.87. The second-order valence-electron chi connectivity index (χ2n) is 2.83. The molecule has 0 saturated heterocycles. The fraction of sp³-hybridized carbons (Fsp3) is 0.111. The zero-order valence-electron chi connectivity index (χ0n) is 7.97. The molecular weight excluding hydrogens is 214 g/mol. The van der Waals surface area contributed by atoms with E-state index in [2.05, 4.69) is 10.2 Å². The molecule has 15 heavy (non-hydrogen) atoms. The summed E-state index contributed by atoms with van der Waals surface area (Å²) in [6, 6.07) is 4.91. The molecule has 78 valence electrons. The number of rotatable bonds is 2. The number of nitrogen functional groups attached to an aromatic ring is 1. The maximum absolute atomic E-state index is 9.64. The van der Waals surface area contributed by atoms with Crippen molar-refractivity contribution >= 4 is 16.5 Å². The molecule has 0 aliphatic heterocycles. The molecule has 0 atom stereocenters. The van der Waals surface area contributed by atoms with E-state index in [4.69, 9.17) is 10.5 Å². The Balaban J connectivity index is 2.51. The summed E-state index contributed by atoms with van der Waals surface area (Å²) in [5.74, 6) is 0.781. The zero-order chi connectivity index (χ0) is 10.8. The van der Waals surface area contributed by atoms with E-state index in [1.54, 1.807) is 25.3 Å². The molecule has 0 radical (unpaired) electrons. The molecule has 0 aliphatic carbocycles. The van der Waals surface area contributed by atoms with Crippen LogP contribution in [0.5, 0.6) is 11.5 Å². The first-order chi connectivity index (χ1) is 7.20. The Labute approximate surface area is 90.1 Å². The van der Waals surface area contributed by atoms with Crippen molar-refractivity contribution in [3.05, 3.63) is 18.2 Å². The number of aromatic nitrogens is 2. The molecule has 0 unspecified atom stereocenters. The Kier molecular flexibility index (Phi) is 2.42. The molecule has 3 N–H and O–H groups in total. The third-order valence-corrected chi connectivity index (χ3v) is 2.66. The van der Waals surface area contributed by atoms with Gasteiger partial charge in [-0.2, -0.15) is 0 Å². The maximum atomic E-state index is 9.64. The highest BCUT2D eigenvalue weighted by molar-refractivity contribution is 7.18. The Morgan fingerprint density at radius 1 is 1.40 bits per heavy atom. The van der Waals surface area contributed by atoms with Crippen LogP contribution in [0.2, 0.25) is 0 Å². The van der Waals surface area contributed by atoms with Crippen molar-refractivity contribution in [2.45, 2.75) is 0 Å². The van der Waals surface area contributed by atoms with Crippen LogP contribution >= 0.6 is 11.3 Å². The number of ether oxygens (including phenoxy) is 1. The molecule has 0 saturated carbocycles. The van der Waals surface area contributed by atoms with Crippen molar-refractivity contribution in [2.24, 2.45) is 0 Å². The highest BCUT2D eigenvalue weighted by Gasteiger charge is 2.10. The Bertz CT molecular complexity index is 484. The number of hydrogen-bond donors (Lipinski definition) is 2. The molecule has 1 heterocycles. The van der Waals surface area contributed by atoms with Crippen LogP contribution in [0.15, 0.2) is 18.2 Å². The highest BCUT2D eigenvalue weighted by atomic mass is 32.1. The van der Waals surface area contributed by atoms with Crippen LogP contribution in [0.4, 0.5) is 5.13 Å². The van der Waals surface area contributed by atoms with Gasteiger partial charge in [-0.25, -0.2) is 0 Å². The largest absolute Gasteiger partial charge is 0.507 e. The number of methoxy groups -OCH3 is 1. The predicted molar refractivity (Wildman–Crippen MR) is 58.0 cm³/mol. The molecule has 0 bridgehead atoms. The second-order valence-corrected chi connectivity index (χ2v) is 3.84. The SMILES string of the molecule is COc1ccc(O)c(-c2nnc(N)s2)c1. The normalized spacial score (nSPS) is 10.2. The highest BCUT2D eigenvalue weighted by Crippen LogP contribution is 2.34. The molecule has 6 heteroatoms. The van der Waals surface area contributed by atoms with Crippen LogP contribution in [-0.4, -0.2) is 22.4 Å². The minimum Gasteiger partial charge on any atom is -0.507 e. The van der Waals surface area contributed by atoms with Gasteiger partial charge in [0.15, 0.2) is 5.01 Å². The molecule has 0 fully saturated rings. The van der Waals surface area contributed by atoms with Gasteiger partial charge in [0, 0.05) is 0 Å². The number of nitrogens with two attached hydrogens (primary N) is 1. The first kappa shape index (κ1) is 9.72. The molecule has 1 aromatic heterocycles. The van der Waals surface area contributed by atoms with Crippen molar-refractivity contribution in [1.82, 2.24) is 10.2 Å². The number of nitrogens with zero attached hydrogens (tertiary/aromatic N) is 2. The van der Waals surface area contributed by atoms with E-state index in [0.717, 1.165) is 0 Å². The monoisotopic (exact) mass is 223 g/mol. The van der Waals surface area contributed by atoms with E-state index in [0.29, 0.717) is 21.5 Å². The average molecular weight is 223 g/mol. The summed E-state index contributed by atoms with van der Waals surface area (Å²) in [6.45, 7) is 0. The van der Waals surface area contributed by atoms with Crippen LogP contribution in [0.1, 0.15) is 0 Å². The molecule has 0 aliphatic rings. The van der Waals surface area contributed by atoms with E-state index >= 15 is 0 Å². The van der Waals surface area contributed by atoms with Gasteiger partial charge in [-0.1, -0.05) is 11.3 Å². The smallest absolute Gasteiger partial charge is 0.203 e. The zero-order valence-corrected chi connectivity index (χ0v) is 8.78. The maximum Gasteiger partial charge on any atom is 0.203 e. The van der Waals surface area contributed by atoms with Gasteiger partial charge >= 0.3 is 0 Å². The summed E-state index contributed by atoms with van der Waals surface area (Å²) in [7, 11) is 1.56. The second kappa shape index (κ2) is 3.74. The summed E-state index contributed by atoms with van der Waals surface area (Å²) >= 11 is 1.21. The quantitative estimate of drug-likeness (QED) is 0.806. The lowest BCUT2D eigenvalue weighted by Gasteiger charge is -2.03. The van der Waals surface area contributed by atoms with Gasteiger partial charge in [-0.05, 0) is 18.2 Å². The van der Waals surface area contributed by atoms with Gasteiger partial charge in [0.05, 0.1) is 12.7 Å².